The second kappa shape index (κ2) is 39.7. The lowest BCUT2D eigenvalue weighted by Crippen LogP contribution is -2.61. The summed E-state index contributed by atoms with van der Waals surface area (Å²) >= 11 is 6.23. The average Bonchev–Trinajstić information content (AvgIpc) is 1.13. The summed E-state index contributed by atoms with van der Waals surface area (Å²) in [4.78, 5) is 176. The predicted molar refractivity (Wildman–Crippen MR) is 378 cm³/mol. The van der Waals surface area contributed by atoms with Gasteiger partial charge < -0.3 is 91.2 Å². The molecule has 31 nitrogen and oxygen atoms in total. The number of hydrogen-bond donors (Lipinski definition) is 16. The Hall–Kier alpha value is -10.9. The topological polar surface area (TPSA) is 498 Å². The first-order chi connectivity index (χ1) is 48.6. The minimum atomic E-state index is -1.85. The molecule has 0 unspecified atom stereocenters. The lowest BCUT2D eigenvalue weighted by Gasteiger charge is -2.31. The van der Waals surface area contributed by atoms with E-state index in [4.69, 9.17) is 34.5 Å². The molecular formula is C70H92ClN17O14. The first-order valence-electron chi connectivity index (χ1n) is 33.5. The zero-order valence-corrected chi connectivity index (χ0v) is 58.0. The van der Waals surface area contributed by atoms with Crippen molar-refractivity contribution < 1.29 is 67.7 Å². The van der Waals surface area contributed by atoms with Crippen molar-refractivity contribution in [2.75, 3.05) is 26.2 Å². The molecule has 13 amide bonds. The van der Waals surface area contributed by atoms with Crippen molar-refractivity contribution in [2.45, 2.75) is 159 Å². The van der Waals surface area contributed by atoms with Gasteiger partial charge in [-0.05, 0) is 121 Å². The smallest absolute Gasteiger partial charge is 0.312 e. The number of carbonyl (C=O) groups excluding carboxylic acids is 12. The van der Waals surface area contributed by atoms with Crippen molar-refractivity contribution in [3.05, 3.63) is 143 Å². The zero-order valence-electron chi connectivity index (χ0n) is 57.2. The lowest BCUT2D eigenvalue weighted by atomic mass is 9.99. The summed E-state index contributed by atoms with van der Waals surface area (Å²) in [6, 6.07) is 13.5. The third-order valence-corrected chi connectivity index (χ3v) is 16.9. The minimum absolute atomic E-state index is 0.000209. The van der Waals surface area contributed by atoms with Crippen LogP contribution in [0.25, 0.3) is 10.8 Å². The minimum Gasteiger partial charge on any atom is -0.508 e. The molecule has 32 heteroatoms. The van der Waals surface area contributed by atoms with Crippen molar-refractivity contribution >= 4 is 99.3 Å². The van der Waals surface area contributed by atoms with Crippen LogP contribution in [0.3, 0.4) is 0 Å². The molecule has 1 aliphatic heterocycles. The second-order valence-electron chi connectivity index (χ2n) is 25.4. The van der Waals surface area contributed by atoms with Gasteiger partial charge in [-0.15, -0.1) is 0 Å². The van der Waals surface area contributed by atoms with E-state index in [0.29, 0.717) is 33.7 Å². The summed E-state index contributed by atoms with van der Waals surface area (Å²) in [7, 11) is 0. The van der Waals surface area contributed by atoms with Crippen LogP contribution in [-0.2, 0) is 78.4 Å². The third-order valence-electron chi connectivity index (χ3n) is 16.7. The Morgan fingerprint density at radius 2 is 1.07 bits per heavy atom. The SMILES string of the molecule is CC(=O)N[C@H](Cc1ccc2ccccc2c1)C(=O)N[C@@H](Cc1ccc(Cl)cc1)C(=O)N[C@@H](Cc1cccnc1)C(=O)N[C@@H](CO)C(=O)N[C@H](Cc1ccc(O)cc1)C(=O)N[C@H](CCCNC(N)=O)C(=O)N[C@@H](CC(C)C)C(=O)N[C@H](CCCN=C(N)N)C(=O)N1CCC[C@H]1C(=O)N[C@H](C)C(N)=O. The van der Waals surface area contributed by atoms with Crippen LogP contribution in [0.15, 0.2) is 121 Å². The van der Waals surface area contributed by atoms with Crippen molar-refractivity contribution in [1.82, 2.24) is 63.1 Å². The Bertz CT molecular complexity index is 3770. The van der Waals surface area contributed by atoms with E-state index in [9.17, 15) is 67.7 Å². The number of pyridine rings is 1. The second-order valence-corrected chi connectivity index (χ2v) is 25.8. The number of nitrogens with one attached hydrogen (secondary N) is 10. The van der Waals surface area contributed by atoms with Gasteiger partial charge in [-0.1, -0.05) is 98.2 Å². The highest BCUT2D eigenvalue weighted by Crippen LogP contribution is 2.22. The number of aromatic nitrogens is 1. The van der Waals surface area contributed by atoms with Crippen LogP contribution >= 0.6 is 11.6 Å². The Morgan fingerprint density at radius 3 is 1.63 bits per heavy atom. The number of guanidine groups is 1. The number of phenolic OH excluding ortho intramolecular Hbond substituents is 1. The molecule has 1 aromatic heterocycles. The van der Waals surface area contributed by atoms with Crippen LogP contribution in [0.4, 0.5) is 4.79 Å². The number of benzene rings is 4. The van der Waals surface area contributed by atoms with Crippen LogP contribution in [-0.4, -0.2) is 184 Å². The first-order valence-corrected chi connectivity index (χ1v) is 33.8. The fourth-order valence-corrected chi connectivity index (χ4v) is 11.5. The highest BCUT2D eigenvalue weighted by molar-refractivity contribution is 6.30. The van der Waals surface area contributed by atoms with Gasteiger partial charge >= 0.3 is 6.03 Å². The summed E-state index contributed by atoms with van der Waals surface area (Å²) in [6.07, 6.45) is 2.70. The maximum Gasteiger partial charge on any atom is 0.312 e. The van der Waals surface area contributed by atoms with E-state index in [-0.39, 0.29) is 101 Å². The number of fused-ring (bicyclic) bond motifs is 1. The molecule has 1 aliphatic rings. The van der Waals surface area contributed by atoms with Crippen molar-refractivity contribution in [2.24, 2.45) is 33.8 Å². The largest absolute Gasteiger partial charge is 0.508 e. The van der Waals surface area contributed by atoms with Crippen LogP contribution in [0.5, 0.6) is 5.75 Å². The van der Waals surface area contributed by atoms with Crippen LogP contribution < -0.4 is 76.1 Å². The van der Waals surface area contributed by atoms with Gasteiger partial charge in [0.2, 0.25) is 65.0 Å². The summed E-state index contributed by atoms with van der Waals surface area (Å²) in [5.41, 5.74) is 23.9. The fraction of sp³-hybridized carbons (Fsp3) is 0.429. The highest BCUT2D eigenvalue weighted by Gasteiger charge is 2.40. The van der Waals surface area contributed by atoms with Crippen molar-refractivity contribution in [3.63, 3.8) is 0 Å². The number of rotatable bonds is 38. The van der Waals surface area contributed by atoms with E-state index in [1.165, 1.54) is 55.4 Å². The number of aliphatic hydroxyl groups is 1. The molecule has 4 aromatic carbocycles. The molecule has 6 rings (SSSR count). The maximum absolute atomic E-state index is 14.9. The molecular weight excluding hydrogens is 1340 g/mol. The number of aromatic hydroxyl groups is 1. The first kappa shape index (κ1) is 80.0. The number of carbonyl (C=O) groups is 12. The van der Waals surface area contributed by atoms with E-state index in [0.717, 1.165) is 10.8 Å². The van der Waals surface area contributed by atoms with Gasteiger partial charge in [0.15, 0.2) is 5.96 Å². The van der Waals surface area contributed by atoms with E-state index >= 15 is 0 Å². The quantitative estimate of drug-likeness (QED) is 0.0132. The molecule has 548 valence electrons. The van der Waals surface area contributed by atoms with Gasteiger partial charge in [0.25, 0.3) is 0 Å². The molecule has 0 radical (unpaired) electrons. The number of nitrogens with two attached hydrogens (primary N) is 4. The van der Waals surface area contributed by atoms with Crippen molar-refractivity contribution in [1.29, 1.82) is 0 Å². The summed E-state index contributed by atoms with van der Waals surface area (Å²) in [5, 5.41) is 49.5. The highest BCUT2D eigenvalue weighted by atomic mass is 35.5. The number of aliphatic imine (C=N–C) groups is 1. The van der Waals surface area contributed by atoms with Gasteiger partial charge in [-0.25, -0.2) is 4.79 Å². The maximum atomic E-state index is 14.9. The summed E-state index contributed by atoms with van der Waals surface area (Å²) in [6.45, 7) is 5.15. The fourth-order valence-electron chi connectivity index (χ4n) is 11.4. The number of amides is 13. The Balaban J connectivity index is 1.26. The number of hydrogen-bond acceptors (Lipinski definition) is 16. The zero-order chi connectivity index (χ0) is 74.6. The molecule has 0 bridgehead atoms. The van der Waals surface area contributed by atoms with Gasteiger partial charge in [0.1, 0.15) is 66.2 Å². The molecule has 1 fully saturated rings. The number of aliphatic hydroxyl groups excluding tert-OH is 1. The van der Waals surface area contributed by atoms with Crippen LogP contribution in [0.1, 0.15) is 94.9 Å². The van der Waals surface area contributed by atoms with E-state index in [1.807, 2.05) is 42.5 Å². The summed E-state index contributed by atoms with van der Waals surface area (Å²) in [5.74, 6) is -9.82. The van der Waals surface area contributed by atoms with Crippen LogP contribution in [0.2, 0.25) is 5.02 Å². The molecule has 5 aromatic rings. The monoisotopic (exact) mass is 1430 g/mol. The number of halogens is 1. The number of nitrogens with zero attached hydrogens (tertiary/aromatic N) is 3. The number of likely N-dealkylation sites (tertiary alicyclic amines) is 1. The Morgan fingerprint density at radius 1 is 0.569 bits per heavy atom. The predicted octanol–water partition coefficient (Wildman–Crippen LogP) is -0.716. The normalized spacial score (nSPS) is 15.2. The van der Waals surface area contributed by atoms with Gasteiger partial charge in [-0.2, -0.15) is 0 Å². The van der Waals surface area contributed by atoms with Crippen LogP contribution in [0, 0.1) is 5.92 Å². The standard InChI is InChI=1S/C70H92ClN17O14/c1-39(2)31-52(61(94)82-51(15-9-28-77-69(73)74)68(101)88-30-10-16-58(88)67(100)79-40(3)59(72)92)83-60(93)50(14-8-29-78-70(75)102)81-63(96)54(34-43-20-25-49(91)26-21-43)86-66(99)57(38-89)87-65(98)56(36-45-11-7-27-76-37-45)85-64(97)55(33-42-18-23-48(71)24-19-42)84-62(95)53(80-41(4)90)35-44-17-22-46-12-5-6-13-47(46)32-44/h5-7,11-13,17-27,32,37,39-40,50-58,89,91H,8-10,14-16,28-31,33-36,38H2,1-4H3,(H2,72,92)(H,79,100)(H,80,90)(H,81,96)(H,82,94)(H,83,93)(H,84,95)(H,85,97)(H,86,99)(H,87,98)(H4,73,74,77)(H3,75,78,102)/t40-,50-,51-,52+,53-,54-,55+,56+,57+,58+/m1/s1. The molecule has 20 N–H and O–H groups in total. The average molecular weight is 1430 g/mol. The Labute approximate surface area is 595 Å². The molecule has 10 atom stereocenters. The van der Waals surface area contributed by atoms with E-state index < -0.39 is 138 Å². The molecule has 1 saturated heterocycles. The third kappa shape index (κ3) is 26.0. The van der Waals surface area contributed by atoms with Gasteiger partial charge in [-0.3, -0.25) is 62.7 Å². The molecule has 0 aliphatic carbocycles. The molecule has 102 heavy (non-hydrogen) atoms. The number of phenols is 1. The van der Waals surface area contributed by atoms with Gasteiger partial charge in [0, 0.05) is 69.7 Å². The van der Waals surface area contributed by atoms with Crippen molar-refractivity contribution in [3.8, 4) is 5.75 Å². The summed E-state index contributed by atoms with van der Waals surface area (Å²) < 4.78 is 0. The Kier molecular flexibility index (Phi) is 31.2. The lowest BCUT2D eigenvalue weighted by molar-refractivity contribution is -0.142. The van der Waals surface area contributed by atoms with E-state index in [2.05, 4.69) is 63.1 Å². The molecule has 2 heterocycles. The molecule has 0 spiro atoms. The molecule has 0 saturated carbocycles. The van der Waals surface area contributed by atoms with Gasteiger partial charge in [0.05, 0.1) is 6.61 Å². The van der Waals surface area contributed by atoms with E-state index in [1.54, 1.807) is 50.2 Å². The number of urea groups is 1. The number of primary amides is 2.